The molecule has 0 atom stereocenters. The Bertz CT molecular complexity index is 1050. The van der Waals surface area contributed by atoms with Crippen LogP contribution < -0.4 is 4.31 Å². The maximum Gasteiger partial charge on any atom is 0.308 e. The number of para-hydroxylation sites is 1. The zero-order chi connectivity index (χ0) is 22.6. The molecule has 1 aliphatic heterocycles. The van der Waals surface area contributed by atoms with Crippen molar-refractivity contribution in [2.45, 2.75) is 24.7 Å². The molecule has 1 heterocycles. The summed E-state index contributed by atoms with van der Waals surface area (Å²) in [6.45, 7) is 2.20. The monoisotopic (exact) mass is 464 g/mol. The first kappa shape index (κ1) is 23.1. The van der Waals surface area contributed by atoms with E-state index < -0.39 is 10.0 Å². The summed E-state index contributed by atoms with van der Waals surface area (Å²) < 4.78 is 32.7. The summed E-state index contributed by atoms with van der Waals surface area (Å²) in [5, 5.41) is 0.232. The van der Waals surface area contributed by atoms with Gasteiger partial charge in [0, 0.05) is 13.1 Å². The van der Waals surface area contributed by atoms with E-state index in [2.05, 4.69) is 0 Å². The zero-order valence-corrected chi connectivity index (χ0v) is 19.0. The van der Waals surface area contributed by atoms with Crippen LogP contribution in [0.4, 0.5) is 5.69 Å². The number of likely N-dealkylation sites (tertiary alicyclic amines) is 1. The number of esters is 1. The molecule has 1 amide bonds. The minimum absolute atomic E-state index is 0.0789. The number of amides is 1. The standard InChI is InChI=1S/C22H25ClN2O5S/c1-16-7-9-18(10-8-16)31(28,29)25(20-6-4-3-5-19(20)23)15-21(26)24-13-11-17(12-14-24)22(27)30-2/h3-10,17H,11-15H2,1-2H3. The number of aryl methyl sites for hydroxylation is 1. The summed E-state index contributed by atoms with van der Waals surface area (Å²) >= 11 is 6.29. The van der Waals surface area contributed by atoms with Gasteiger partial charge in [0.15, 0.2) is 0 Å². The highest BCUT2D eigenvalue weighted by atomic mass is 35.5. The largest absolute Gasteiger partial charge is 0.469 e. The third kappa shape index (κ3) is 5.19. The van der Waals surface area contributed by atoms with E-state index in [-0.39, 0.29) is 39.9 Å². The molecule has 0 saturated carbocycles. The Morgan fingerprint density at radius 2 is 1.71 bits per heavy atom. The average Bonchev–Trinajstić information content (AvgIpc) is 2.77. The summed E-state index contributed by atoms with van der Waals surface area (Å²) in [4.78, 5) is 26.4. The third-order valence-electron chi connectivity index (χ3n) is 5.39. The Kier molecular flexibility index (Phi) is 7.23. The van der Waals surface area contributed by atoms with Crippen molar-refractivity contribution in [1.82, 2.24) is 4.90 Å². The van der Waals surface area contributed by atoms with Gasteiger partial charge in [-0.3, -0.25) is 13.9 Å². The molecule has 31 heavy (non-hydrogen) atoms. The van der Waals surface area contributed by atoms with Crippen LogP contribution in [0.1, 0.15) is 18.4 Å². The van der Waals surface area contributed by atoms with Crippen LogP contribution in [0.2, 0.25) is 5.02 Å². The van der Waals surface area contributed by atoms with E-state index in [1.54, 1.807) is 41.3 Å². The molecule has 0 aliphatic carbocycles. The molecule has 9 heteroatoms. The predicted molar refractivity (Wildman–Crippen MR) is 118 cm³/mol. The number of rotatable bonds is 6. The van der Waals surface area contributed by atoms with Crippen LogP contribution in [0.15, 0.2) is 53.4 Å². The van der Waals surface area contributed by atoms with Crippen LogP contribution in [-0.2, 0) is 24.3 Å². The fraction of sp³-hybridized carbons (Fsp3) is 0.364. The lowest BCUT2D eigenvalue weighted by molar-refractivity contribution is -0.148. The topological polar surface area (TPSA) is 84.0 Å². The van der Waals surface area contributed by atoms with Gasteiger partial charge in [0.2, 0.25) is 5.91 Å². The quantitative estimate of drug-likeness (QED) is 0.613. The first-order chi connectivity index (χ1) is 14.7. The average molecular weight is 465 g/mol. The molecule has 0 unspecified atom stereocenters. The molecule has 1 saturated heterocycles. The molecule has 0 radical (unpaired) electrons. The Hall–Kier alpha value is -2.58. The number of anilines is 1. The maximum atomic E-state index is 13.4. The second kappa shape index (κ2) is 9.70. The second-order valence-electron chi connectivity index (χ2n) is 7.45. The Balaban J connectivity index is 1.86. The molecule has 1 aliphatic rings. The van der Waals surface area contributed by atoms with E-state index in [1.807, 2.05) is 6.92 Å². The van der Waals surface area contributed by atoms with Crippen molar-refractivity contribution in [2.75, 3.05) is 31.0 Å². The van der Waals surface area contributed by atoms with Crippen LogP contribution in [0.5, 0.6) is 0 Å². The number of ether oxygens (including phenoxy) is 1. The van der Waals surface area contributed by atoms with E-state index in [9.17, 15) is 18.0 Å². The van der Waals surface area contributed by atoms with Crippen LogP contribution in [0.25, 0.3) is 0 Å². The molecule has 0 aromatic heterocycles. The van der Waals surface area contributed by atoms with Crippen molar-refractivity contribution in [2.24, 2.45) is 5.92 Å². The molecular weight excluding hydrogens is 440 g/mol. The second-order valence-corrected chi connectivity index (χ2v) is 9.72. The number of piperidine rings is 1. The van der Waals surface area contributed by atoms with Crippen LogP contribution >= 0.6 is 11.6 Å². The highest BCUT2D eigenvalue weighted by molar-refractivity contribution is 7.92. The first-order valence-electron chi connectivity index (χ1n) is 9.93. The Labute approximate surface area is 187 Å². The van der Waals surface area contributed by atoms with E-state index in [0.29, 0.717) is 25.9 Å². The van der Waals surface area contributed by atoms with Gasteiger partial charge in [-0.2, -0.15) is 0 Å². The molecule has 2 aromatic carbocycles. The minimum atomic E-state index is -4.03. The number of carbonyl (C=O) groups is 2. The van der Waals surface area contributed by atoms with Gasteiger partial charge in [-0.05, 0) is 44.0 Å². The number of halogens is 1. The molecular formula is C22H25ClN2O5S. The van der Waals surface area contributed by atoms with Gasteiger partial charge in [0.05, 0.1) is 28.6 Å². The van der Waals surface area contributed by atoms with Crippen LogP contribution in [-0.4, -0.2) is 51.9 Å². The van der Waals surface area contributed by atoms with Crippen molar-refractivity contribution in [3.63, 3.8) is 0 Å². The smallest absolute Gasteiger partial charge is 0.308 e. The molecule has 7 nitrogen and oxygen atoms in total. The van der Waals surface area contributed by atoms with Gasteiger partial charge in [-0.25, -0.2) is 8.42 Å². The summed E-state index contributed by atoms with van der Waals surface area (Å²) in [6, 6.07) is 13.0. The van der Waals surface area contributed by atoms with Crippen molar-refractivity contribution < 1.29 is 22.7 Å². The number of nitrogens with zero attached hydrogens (tertiary/aromatic N) is 2. The van der Waals surface area contributed by atoms with Crippen LogP contribution in [0, 0.1) is 12.8 Å². The van der Waals surface area contributed by atoms with E-state index in [1.165, 1.54) is 19.2 Å². The van der Waals surface area contributed by atoms with Crippen molar-refractivity contribution in [1.29, 1.82) is 0 Å². The highest BCUT2D eigenvalue weighted by Crippen LogP contribution is 2.31. The lowest BCUT2D eigenvalue weighted by Crippen LogP contribution is -2.46. The molecule has 0 spiro atoms. The molecule has 0 N–H and O–H groups in total. The Morgan fingerprint density at radius 3 is 2.29 bits per heavy atom. The number of sulfonamides is 1. The number of hydrogen-bond acceptors (Lipinski definition) is 5. The molecule has 1 fully saturated rings. The summed E-state index contributed by atoms with van der Waals surface area (Å²) in [7, 11) is -2.68. The van der Waals surface area contributed by atoms with Crippen molar-refractivity contribution in [3.8, 4) is 0 Å². The fourth-order valence-electron chi connectivity index (χ4n) is 3.55. The van der Waals surface area contributed by atoms with Gasteiger partial charge in [-0.1, -0.05) is 41.4 Å². The van der Waals surface area contributed by atoms with Gasteiger partial charge in [0.25, 0.3) is 10.0 Å². The number of carbonyl (C=O) groups excluding carboxylic acids is 2. The zero-order valence-electron chi connectivity index (χ0n) is 17.5. The first-order valence-corrected chi connectivity index (χ1v) is 11.8. The maximum absolute atomic E-state index is 13.4. The van der Waals surface area contributed by atoms with Gasteiger partial charge in [-0.15, -0.1) is 0 Å². The van der Waals surface area contributed by atoms with E-state index in [0.717, 1.165) is 9.87 Å². The van der Waals surface area contributed by atoms with Gasteiger partial charge < -0.3 is 9.64 Å². The molecule has 166 valence electrons. The fourth-order valence-corrected chi connectivity index (χ4v) is 5.27. The number of hydrogen-bond donors (Lipinski definition) is 0. The van der Waals surface area contributed by atoms with E-state index in [4.69, 9.17) is 16.3 Å². The number of methoxy groups -OCH3 is 1. The number of benzene rings is 2. The van der Waals surface area contributed by atoms with Crippen molar-refractivity contribution in [3.05, 3.63) is 59.1 Å². The molecule has 2 aromatic rings. The SMILES string of the molecule is COC(=O)C1CCN(C(=O)CN(c2ccccc2Cl)S(=O)(=O)c2ccc(C)cc2)CC1. The highest BCUT2D eigenvalue weighted by Gasteiger charge is 2.33. The molecule has 3 rings (SSSR count). The summed E-state index contributed by atoms with van der Waals surface area (Å²) in [5.41, 5.74) is 1.16. The van der Waals surface area contributed by atoms with Gasteiger partial charge in [0.1, 0.15) is 6.54 Å². The van der Waals surface area contributed by atoms with Crippen LogP contribution in [0.3, 0.4) is 0 Å². The van der Waals surface area contributed by atoms with Crippen molar-refractivity contribution >= 4 is 39.2 Å². The van der Waals surface area contributed by atoms with Gasteiger partial charge >= 0.3 is 5.97 Å². The Morgan fingerprint density at radius 1 is 1.10 bits per heavy atom. The van der Waals surface area contributed by atoms with E-state index >= 15 is 0 Å². The lowest BCUT2D eigenvalue weighted by atomic mass is 9.97. The summed E-state index contributed by atoms with van der Waals surface area (Å²) in [6.07, 6.45) is 0.963. The third-order valence-corrected chi connectivity index (χ3v) is 7.48. The predicted octanol–water partition coefficient (Wildman–Crippen LogP) is 3.26. The molecule has 0 bridgehead atoms. The minimum Gasteiger partial charge on any atom is -0.469 e. The summed E-state index contributed by atoms with van der Waals surface area (Å²) in [5.74, 6) is -0.879. The normalized spacial score (nSPS) is 14.9. The lowest BCUT2D eigenvalue weighted by Gasteiger charge is -2.33.